The second kappa shape index (κ2) is 6.04. The van der Waals surface area contributed by atoms with E-state index in [1.807, 2.05) is 6.20 Å². The van der Waals surface area contributed by atoms with Gasteiger partial charge in [0.15, 0.2) is 0 Å². The lowest BCUT2D eigenvalue weighted by molar-refractivity contribution is 0.307. The first-order valence-corrected chi connectivity index (χ1v) is 8.04. The first-order valence-electron chi connectivity index (χ1n) is 8.04. The maximum Gasteiger partial charge on any atom is 0.0605 e. The molecule has 0 spiro atoms. The van der Waals surface area contributed by atoms with Crippen LogP contribution in [0.15, 0.2) is 18.3 Å². The van der Waals surface area contributed by atoms with E-state index in [-0.39, 0.29) is 0 Å². The van der Waals surface area contributed by atoms with Crippen molar-refractivity contribution in [3.63, 3.8) is 0 Å². The summed E-state index contributed by atoms with van der Waals surface area (Å²) in [6, 6.07) is 5.43. The smallest absolute Gasteiger partial charge is 0.0605 e. The summed E-state index contributed by atoms with van der Waals surface area (Å²) in [5, 5.41) is 3.87. The number of fused-ring (bicyclic) bond motifs is 1. The van der Waals surface area contributed by atoms with E-state index in [1.54, 1.807) is 0 Å². The van der Waals surface area contributed by atoms with Gasteiger partial charge in [-0.05, 0) is 50.2 Å². The third kappa shape index (κ3) is 3.00. The molecule has 2 atom stereocenters. The highest BCUT2D eigenvalue weighted by Crippen LogP contribution is 2.32. The second-order valence-corrected chi connectivity index (χ2v) is 6.35. The van der Waals surface area contributed by atoms with Gasteiger partial charge in [-0.3, -0.25) is 4.98 Å². The molecule has 0 bridgehead atoms. The minimum atomic E-state index is 0.495. The standard InChI is InChI=1S/C17H26N2/c1-13(14-7-4-2-3-5-8-14)19-16-11-10-15-9-6-12-18-17(15)16/h6,9,12-14,16,19H,2-5,7-8,10-11H2,1H3/t13-,16?/m1/s1. The van der Waals surface area contributed by atoms with E-state index in [9.17, 15) is 0 Å². The third-order valence-electron chi connectivity index (χ3n) is 5.03. The zero-order chi connectivity index (χ0) is 13.1. The molecule has 104 valence electrons. The summed E-state index contributed by atoms with van der Waals surface area (Å²) in [5.74, 6) is 0.871. The summed E-state index contributed by atoms with van der Waals surface area (Å²) in [6.45, 7) is 2.39. The molecule has 1 aromatic heterocycles. The van der Waals surface area contributed by atoms with Gasteiger partial charge < -0.3 is 5.32 Å². The van der Waals surface area contributed by atoms with Crippen LogP contribution in [-0.4, -0.2) is 11.0 Å². The van der Waals surface area contributed by atoms with Crippen LogP contribution in [-0.2, 0) is 6.42 Å². The van der Waals surface area contributed by atoms with Gasteiger partial charge in [-0.2, -0.15) is 0 Å². The van der Waals surface area contributed by atoms with E-state index in [2.05, 4.69) is 29.4 Å². The molecule has 0 amide bonds. The van der Waals surface area contributed by atoms with E-state index in [1.165, 1.54) is 62.6 Å². The first kappa shape index (κ1) is 13.1. The normalized spacial score (nSPS) is 25.8. The quantitative estimate of drug-likeness (QED) is 0.828. The minimum Gasteiger partial charge on any atom is -0.306 e. The number of nitrogens with one attached hydrogen (secondary N) is 1. The topological polar surface area (TPSA) is 24.9 Å². The Kier molecular flexibility index (Phi) is 4.17. The Balaban J connectivity index is 1.62. The van der Waals surface area contributed by atoms with Crippen molar-refractivity contribution in [3.8, 4) is 0 Å². The van der Waals surface area contributed by atoms with E-state index in [4.69, 9.17) is 0 Å². The molecule has 3 rings (SSSR count). The second-order valence-electron chi connectivity index (χ2n) is 6.35. The number of aromatic nitrogens is 1. The Morgan fingerprint density at radius 3 is 2.74 bits per heavy atom. The fraction of sp³-hybridized carbons (Fsp3) is 0.706. The van der Waals surface area contributed by atoms with Gasteiger partial charge >= 0.3 is 0 Å². The summed E-state index contributed by atoms with van der Waals surface area (Å²) >= 11 is 0. The molecule has 1 unspecified atom stereocenters. The molecule has 2 aliphatic rings. The van der Waals surface area contributed by atoms with E-state index < -0.39 is 0 Å². The maximum atomic E-state index is 4.59. The summed E-state index contributed by atoms with van der Waals surface area (Å²) in [5.41, 5.74) is 2.76. The van der Waals surface area contributed by atoms with Crippen molar-refractivity contribution in [1.29, 1.82) is 0 Å². The van der Waals surface area contributed by atoms with Crippen LogP contribution >= 0.6 is 0 Å². The molecule has 1 saturated carbocycles. The van der Waals surface area contributed by atoms with Gasteiger partial charge in [0, 0.05) is 12.2 Å². The molecule has 1 N–H and O–H groups in total. The zero-order valence-electron chi connectivity index (χ0n) is 12.1. The van der Waals surface area contributed by atoms with Gasteiger partial charge in [0.25, 0.3) is 0 Å². The van der Waals surface area contributed by atoms with Gasteiger partial charge in [-0.1, -0.05) is 31.7 Å². The first-order chi connectivity index (χ1) is 9.34. The average Bonchev–Trinajstić information content (AvgIpc) is 2.66. The summed E-state index contributed by atoms with van der Waals surface area (Å²) in [6.07, 6.45) is 12.9. The molecule has 0 saturated heterocycles. The number of aryl methyl sites for hydroxylation is 1. The summed E-state index contributed by atoms with van der Waals surface area (Å²) in [4.78, 5) is 4.59. The van der Waals surface area contributed by atoms with Crippen molar-refractivity contribution in [2.24, 2.45) is 5.92 Å². The summed E-state index contributed by atoms with van der Waals surface area (Å²) < 4.78 is 0. The van der Waals surface area contributed by atoms with Crippen LogP contribution in [0, 0.1) is 5.92 Å². The molecular weight excluding hydrogens is 232 g/mol. The fourth-order valence-electron chi connectivity index (χ4n) is 3.84. The molecule has 0 aromatic carbocycles. The number of hydrogen-bond acceptors (Lipinski definition) is 2. The van der Waals surface area contributed by atoms with Crippen molar-refractivity contribution >= 4 is 0 Å². The van der Waals surface area contributed by atoms with Crippen molar-refractivity contribution in [2.45, 2.75) is 70.4 Å². The highest BCUT2D eigenvalue weighted by atomic mass is 15.0. The zero-order valence-corrected chi connectivity index (χ0v) is 12.1. The minimum absolute atomic E-state index is 0.495. The van der Waals surface area contributed by atoms with Gasteiger partial charge in [-0.15, -0.1) is 0 Å². The van der Waals surface area contributed by atoms with Gasteiger partial charge in [0.05, 0.1) is 11.7 Å². The highest BCUT2D eigenvalue weighted by molar-refractivity contribution is 5.28. The Hall–Kier alpha value is -0.890. The number of rotatable bonds is 3. The van der Waals surface area contributed by atoms with Crippen LogP contribution in [0.25, 0.3) is 0 Å². The van der Waals surface area contributed by atoms with Crippen LogP contribution in [0.1, 0.15) is 69.2 Å². The molecule has 19 heavy (non-hydrogen) atoms. The fourth-order valence-corrected chi connectivity index (χ4v) is 3.84. The molecule has 2 heteroatoms. The number of hydrogen-bond donors (Lipinski definition) is 1. The molecule has 2 aliphatic carbocycles. The predicted molar refractivity (Wildman–Crippen MR) is 79.1 cm³/mol. The molecule has 1 fully saturated rings. The van der Waals surface area contributed by atoms with Crippen LogP contribution < -0.4 is 5.32 Å². The molecule has 0 aliphatic heterocycles. The van der Waals surface area contributed by atoms with Gasteiger partial charge in [-0.25, -0.2) is 0 Å². The molecular formula is C17H26N2. The Labute approximate surface area is 117 Å². The Bertz CT molecular complexity index is 407. The van der Waals surface area contributed by atoms with Crippen molar-refractivity contribution in [2.75, 3.05) is 0 Å². The average molecular weight is 258 g/mol. The lowest BCUT2D eigenvalue weighted by atomic mass is 9.92. The van der Waals surface area contributed by atoms with Crippen molar-refractivity contribution in [1.82, 2.24) is 10.3 Å². The summed E-state index contributed by atoms with van der Waals surface area (Å²) in [7, 11) is 0. The third-order valence-corrected chi connectivity index (χ3v) is 5.03. The predicted octanol–water partition coefficient (Wildman–Crippen LogP) is 4.02. The number of nitrogens with zero attached hydrogens (tertiary/aromatic N) is 1. The maximum absolute atomic E-state index is 4.59. The Morgan fingerprint density at radius 2 is 1.95 bits per heavy atom. The lowest BCUT2D eigenvalue weighted by Gasteiger charge is -2.27. The number of pyridine rings is 1. The van der Waals surface area contributed by atoms with E-state index in [0.29, 0.717) is 12.1 Å². The van der Waals surface area contributed by atoms with Crippen LogP contribution in [0.5, 0.6) is 0 Å². The van der Waals surface area contributed by atoms with Gasteiger partial charge in [0.2, 0.25) is 0 Å². The molecule has 0 radical (unpaired) electrons. The van der Waals surface area contributed by atoms with Crippen molar-refractivity contribution in [3.05, 3.63) is 29.6 Å². The SMILES string of the molecule is C[C@@H](NC1CCc2cccnc21)C1CCCCCC1. The molecule has 2 nitrogen and oxygen atoms in total. The molecule has 1 heterocycles. The highest BCUT2D eigenvalue weighted by Gasteiger charge is 2.27. The van der Waals surface area contributed by atoms with Crippen LogP contribution in [0.2, 0.25) is 0 Å². The molecule has 1 aromatic rings. The van der Waals surface area contributed by atoms with E-state index in [0.717, 1.165) is 5.92 Å². The van der Waals surface area contributed by atoms with Crippen LogP contribution in [0.4, 0.5) is 0 Å². The van der Waals surface area contributed by atoms with Crippen LogP contribution in [0.3, 0.4) is 0 Å². The monoisotopic (exact) mass is 258 g/mol. The largest absolute Gasteiger partial charge is 0.306 e. The van der Waals surface area contributed by atoms with E-state index >= 15 is 0 Å². The lowest BCUT2D eigenvalue weighted by Crippen LogP contribution is -2.35. The Morgan fingerprint density at radius 1 is 1.16 bits per heavy atom. The van der Waals surface area contributed by atoms with Crippen molar-refractivity contribution < 1.29 is 0 Å². The van der Waals surface area contributed by atoms with Gasteiger partial charge in [0.1, 0.15) is 0 Å².